The summed E-state index contributed by atoms with van der Waals surface area (Å²) in [5.74, 6) is 0. The molecule has 0 N–H and O–H groups in total. The van der Waals surface area contributed by atoms with E-state index in [0.717, 1.165) is 17.6 Å². The van der Waals surface area contributed by atoms with Crippen molar-refractivity contribution in [1.29, 1.82) is 0 Å². The van der Waals surface area contributed by atoms with Gasteiger partial charge in [0.25, 0.3) is 0 Å². The molecule has 15 heavy (non-hydrogen) atoms. The first kappa shape index (κ1) is 10.5. The number of alkyl halides is 1. The quantitative estimate of drug-likeness (QED) is 0.781. The number of rotatable bonds is 4. The third-order valence-corrected chi connectivity index (χ3v) is 2.43. The van der Waals surface area contributed by atoms with E-state index in [-0.39, 0.29) is 0 Å². The molecule has 0 saturated heterocycles. The maximum absolute atomic E-state index is 5.54. The smallest absolute Gasteiger partial charge is 0.0867 e. The van der Waals surface area contributed by atoms with Crippen LogP contribution in [0.4, 0.5) is 5.69 Å². The minimum absolute atomic E-state index is 0.660. The molecule has 0 amide bonds. The SMILES string of the molecule is BrCCON1C=CCN1c1ccccc1. The minimum atomic E-state index is 0.660. The highest BCUT2D eigenvalue weighted by molar-refractivity contribution is 9.09. The van der Waals surface area contributed by atoms with Crippen molar-refractivity contribution in [2.75, 3.05) is 23.5 Å². The highest BCUT2D eigenvalue weighted by atomic mass is 79.9. The lowest BCUT2D eigenvalue weighted by atomic mass is 10.3. The first-order chi connectivity index (χ1) is 7.42. The molecular formula is C11H13BrN2O. The van der Waals surface area contributed by atoms with Crippen molar-refractivity contribution in [2.24, 2.45) is 0 Å². The normalized spacial score (nSPS) is 15.0. The van der Waals surface area contributed by atoms with Gasteiger partial charge in [0.2, 0.25) is 0 Å². The van der Waals surface area contributed by atoms with Gasteiger partial charge >= 0.3 is 0 Å². The Morgan fingerprint density at radius 3 is 2.80 bits per heavy atom. The van der Waals surface area contributed by atoms with E-state index in [1.54, 1.807) is 5.17 Å². The van der Waals surface area contributed by atoms with Gasteiger partial charge in [0.05, 0.1) is 18.8 Å². The molecule has 0 atom stereocenters. The molecule has 0 bridgehead atoms. The van der Waals surface area contributed by atoms with Crippen LogP contribution < -0.4 is 5.01 Å². The summed E-state index contributed by atoms with van der Waals surface area (Å²) >= 11 is 3.34. The van der Waals surface area contributed by atoms with E-state index in [4.69, 9.17) is 4.84 Å². The largest absolute Gasteiger partial charge is 0.258 e. The van der Waals surface area contributed by atoms with Crippen LogP contribution in [0.3, 0.4) is 0 Å². The van der Waals surface area contributed by atoms with Crippen LogP contribution in [-0.4, -0.2) is 23.7 Å². The van der Waals surface area contributed by atoms with E-state index in [0.29, 0.717) is 6.61 Å². The van der Waals surface area contributed by atoms with Crippen LogP contribution in [0.2, 0.25) is 0 Å². The Bertz CT molecular complexity index is 329. The summed E-state index contributed by atoms with van der Waals surface area (Å²) in [6.07, 6.45) is 4.01. The molecule has 0 aliphatic carbocycles. The molecule has 0 saturated carbocycles. The van der Waals surface area contributed by atoms with Gasteiger partial charge in [-0.25, -0.2) is 0 Å². The number of hydroxylamine groups is 1. The third-order valence-electron chi connectivity index (χ3n) is 2.10. The number of hydrogen-bond donors (Lipinski definition) is 0. The second kappa shape index (κ2) is 5.19. The first-order valence-electron chi connectivity index (χ1n) is 4.89. The lowest BCUT2D eigenvalue weighted by molar-refractivity contribution is -0.115. The van der Waals surface area contributed by atoms with Crippen molar-refractivity contribution >= 4 is 21.6 Å². The molecule has 80 valence electrons. The second-order valence-corrected chi connectivity index (χ2v) is 3.92. The van der Waals surface area contributed by atoms with E-state index in [1.807, 2.05) is 24.4 Å². The second-order valence-electron chi connectivity index (χ2n) is 3.13. The number of anilines is 1. The molecular weight excluding hydrogens is 256 g/mol. The van der Waals surface area contributed by atoms with Crippen LogP contribution >= 0.6 is 15.9 Å². The van der Waals surface area contributed by atoms with Gasteiger partial charge in [0, 0.05) is 11.5 Å². The van der Waals surface area contributed by atoms with Gasteiger partial charge < -0.3 is 0 Å². The topological polar surface area (TPSA) is 15.7 Å². The summed E-state index contributed by atoms with van der Waals surface area (Å²) in [7, 11) is 0. The van der Waals surface area contributed by atoms with E-state index in [9.17, 15) is 0 Å². The molecule has 0 fully saturated rings. The van der Waals surface area contributed by atoms with Gasteiger partial charge in [0.1, 0.15) is 0 Å². The molecule has 4 heteroatoms. The average Bonchev–Trinajstić information content (AvgIpc) is 2.75. The maximum Gasteiger partial charge on any atom is 0.0867 e. The van der Waals surface area contributed by atoms with E-state index in [2.05, 4.69) is 39.1 Å². The van der Waals surface area contributed by atoms with Crippen molar-refractivity contribution in [3.05, 3.63) is 42.6 Å². The summed E-state index contributed by atoms with van der Waals surface area (Å²) in [5, 5.41) is 4.68. The number of hydrazine groups is 1. The zero-order valence-corrected chi connectivity index (χ0v) is 9.93. The highest BCUT2D eigenvalue weighted by Crippen LogP contribution is 2.19. The fourth-order valence-electron chi connectivity index (χ4n) is 1.46. The van der Waals surface area contributed by atoms with Crippen LogP contribution in [0.25, 0.3) is 0 Å². The summed E-state index contributed by atoms with van der Waals surface area (Å²) in [4.78, 5) is 5.54. The number of benzene rings is 1. The highest BCUT2D eigenvalue weighted by Gasteiger charge is 2.16. The Kier molecular flexibility index (Phi) is 3.64. The standard InChI is InChI=1S/C11H13BrN2O/c12-7-10-15-14-9-4-8-13(14)11-5-2-1-3-6-11/h1-6,9H,7-8,10H2. The van der Waals surface area contributed by atoms with E-state index in [1.165, 1.54) is 0 Å². The number of nitrogens with zero attached hydrogens (tertiary/aromatic N) is 2. The predicted octanol–water partition coefficient (Wildman–Crippen LogP) is 2.56. The predicted molar refractivity (Wildman–Crippen MR) is 64.5 cm³/mol. The molecule has 0 unspecified atom stereocenters. The minimum Gasteiger partial charge on any atom is -0.258 e. The first-order valence-corrected chi connectivity index (χ1v) is 6.01. The van der Waals surface area contributed by atoms with Crippen molar-refractivity contribution in [3.8, 4) is 0 Å². The molecule has 0 radical (unpaired) electrons. The van der Waals surface area contributed by atoms with Crippen LogP contribution in [0.5, 0.6) is 0 Å². The van der Waals surface area contributed by atoms with Gasteiger partial charge in [-0.05, 0) is 18.2 Å². The lowest BCUT2D eigenvalue weighted by Gasteiger charge is -2.29. The van der Waals surface area contributed by atoms with Gasteiger partial charge in [-0.1, -0.05) is 34.1 Å². The van der Waals surface area contributed by atoms with Crippen molar-refractivity contribution in [2.45, 2.75) is 0 Å². The van der Waals surface area contributed by atoms with Gasteiger partial charge in [-0.2, -0.15) is 5.17 Å². The Balaban J connectivity index is 2.03. The van der Waals surface area contributed by atoms with Crippen molar-refractivity contribution in [1.82, 2.24) is 5.17 Å². The van der Waals surface area contributed by atoms with Gasteiger partial charge in [0.15, 0.2) is 0 Å². The van der Waals surface area contributed by atoms with Crippen LogP contribution in [0, 0.1) is 0 Å². The monoisotopic (exact) mass is 268 g/mol. The van der Waals surface area contributed by atoms with Crippen LogP contribution in [0.1, 0.15) is 0 Å². The van der Waals surface area contributed by atoms with E-state index >= 15 is 0 Å². The molecule has 0 spiro atoms. The molecule has 1 aromatic carbocycles. The van der Waals surface area contributed by atoms with Crippen molar-refractivity contribution < 1.29 is 4.84 Å². The summed E-state index contributed by atoms with van der Waals surface area (Å²) in [5.41, 5.74) is 1.14. The Morgan fingerprint density at radius 2 is 2.07 bits per heavy atom. The molecule has 1 aliphatic rings. The summed E-state index contributed by atoms with van der Waals surface area (Å²) in [6.45, 7) is 1.51. The number of halogens is 1. The zero-order chi connectivity index (χ0) is 10.5. The average molecular weight is 269 g/mol. The summed E-state index contributed by atoms with van der Waals surface area (Å²) in [6, 6.07) is 10.2. The fourth-order valence-corrected chi connectivity index (χ4v) is 1.60. The van der Waals surface area contributed by atoms with Gasteiger partial charge in [-0.15, -0.1) is 0 Å². The summed E-state index contributed by atoms with van der Waals surface area (Å²) < 4.78 is 0. The molecule has 1 aliphatic heterocycles. The van der Waals surface area contributed by atoms with Crippen LogP contribution in [0.15, 0.2) is 42.6 Å². The van der Waals surface area contributed by atoms with Crippen LogP contribution in [-0.2, 0) is 4.84 Å². The molecule has 0 aromatic heterocycles. The molecule has 3 nitrogen and oxygen atoms in total. The molecule has 1 heterocycles. The Labute approximate surface area is 98.0 Å². The van der Waals surface area contributed by atoms with Crippen molar-refractivity contribution in [3.63, 3.8) is 0 Å². The van der Waals surface area contributed by atoms with E-state index < -0.39 is 0 Å². The molecule has 1 aromatic rings. The molecule has 2 rings (SSSR count). The number of para-hydroxylation sites is 1. The fraction of sp³-hybridized carbons (Fsp3) is 0.273. The maximum atomic E-state index is 5.54. The number of hydrogen-bond acceptors (Lipinski definition) is 3. The Hall–Kier alpha value is -1.00. The Morgan fingerprint density at radius 1 is 1.27 bits per heavy atom. The lowest BCUT2D eigenvalue weighted by Crippen LogP contribution is -2.35. The van der Waals surface area contributed by atoms with Gasteiger partial charge in [-0.3, -0.25) is 9.85 Å². The zero-order valence-electron chi connectivity index (χ0n) is 8.34. The third kappa shape index (κ3) is 2.52.